The Hall–Kier alpha value is -1.30. The van der Waals surface area contributed by atoms with Gasteiger partial charge in [-0.25, -0.2) is 0 Å². The van der Waals surface area contributed by atoms with E-state index in [0.29, 0.717) is 22.9 Å². The molecule has 0 bridgehead atoms. The molecular weight excluding hydrogens is 338 g/mol. The van der Waals surface area contributed by atoms with Crippen molar-refractivity contribution in [2.75, 3.05) is 52.7 Å². The van der Waals surface area contributed by atoms with Gasteiger partial charge in [-0.15, -0.1) is 0 Å². The second kappa shape index (κ2) is 10.00. The highest BCUT2D eigenvalue weighted by Crippen LogP contribution is 2.28. The Balaban J connectivity index is 1.72. The molecule has 1 N–H and O–H groups in total. The molecular formula is C19H30ClN3O2. The number of nitrogens with zero attached hydrogens (tertiary/aromatic N) is 2. The third-order valence-electron chi connectivity index (χ3n) is 4.78. The molecule has 0 spiro atoms. The maximum Gasteiger partial charge on any atom is 0.225 e. The molecule has 1 aromatic carbocycles. The van der Waals surface area contributed by atoms with E-state index in [1.807, 2.05) is 0 Å². The predicted octanol–water partition coefficient (Wildman–Crippen LogP) is 3.34. The van der Waals surface area contributed by atoms with Gasteiger partial charge in [-0.1, -0.05) is 11.6 Å². The number of piperidine rings is 1. The molecule has 2 rings (SSSR count). The van der Waals surface area contributed by atoms with Gasteiger partial charge in [0.25, 0.3) is 0 Å². The van der Waals surface area contributed by atoms with Crippen molar-refractivity contribution in [2.24, 2.45) is 5.92 Å². The van der Waals surface area contributed by atoms with Crippen LogP contribution < -0.4 is 10.1 Å². The van der Waals surface area contributed by atoms with E-state index < -0.39 is 0 Å². The van der Waals surface area contributed by atoms with Crippen molar-refractivity contribution < 1.29 is 9.53 Å². The summed E-state index contributed by atoms with van der Waals surface area (Å²) in [5.41, 5.74) is 0.627. The number of carbonyl (C=O) groups excluding carboxylic acids is 1. The summed E-state index contributed by atoms with van der Waals surface area (Å²) < 4.78 is 5.26. The lowest BCUT2D eigenvalue weighted by Crippen LogP contribution is -2.36. The van der Waals surface area contributed by atoms with Gasteiger partial charge in [0.15, 0.2) is 0 Å². The van der Waals surface area contributed by atoms with E-state index in [9.17, 15) is 4.79 Å². The highest BCUT2D eigenvalue weighted by atomic mass is 35.5. The van der Waals surface area contributed by atoms with Crippen LogP contribution in [0.3, 0.4) is 0 Å². The van der Waals surface area contributed by atoms with Crippen LogP contribution in [0.4, 0.5) is 5.69 Å². The fourth-order valence-electron chi connectivity index (χ4n) is 3.19. The van der Waals surface area contributed by atoms with E-state index in [-0.39, 0.29) is 5.91 Å². The number of ether oxygens (including phenoxy) is 1. The maximum absolute atomic E-state index is 12.2. The minimum absolute atomic E-state index is 0.00435. The first-order valence-electron chi connectivity index (χ1n) is 8.98. The molecule has 6 heteroatoms. The number of rotatable bonds is 8. The van der Waals surface area contributed by atoms with Crippen LogP contribution in [0, 0.1) is 5.92 Å². The second-order valence-corrected chi connectivity index (χ2v) is 7.46. The minimum Gasteiger partial charge on any atom is -0.495 e. The number of hydrogen-bond acceptors (Lipinski definition) is 4. The molecule has 1 saturated heterocycles. The Morgan fingerprint density at radius 3 is 2.72 bits per heavy atom. The fraction of sp³-hybridized carbons (Fsp3) is 0.632. The van der Waals surface area contributed by atoms with E-state index >= 15 is 0 Å². The van der Waals surface area contributed by atoms with E-state index in [1.54, 1.807) is 25.3 Å². The van der Waals surface area contributed by atoms with Crippen molar-refractivity contribution in [3.05, 3.63) is 23.2 Å². The molecule has 1 fully saturated rings. The summed E-state index contributed by atoms with van der Waals surface area (Å²) in [4.78, 5) is 16.9. The van der Waals surface area contributed by atoms with Gasteiger partial charge < -0.3 is 19.9 Å². The SMILES string of the molecule is COc1ccc(Cl)cc1NC(=O)CCN1CCC(CCN(C)C)CC1. The molecule has 140 valence electrons. The third-order valence-corrected chi connectivity index (χ3v) is 5.02. The maximum atomic E-state index is 12.2. The van der Waals surface area contributed by atoms with E-state index in [4.69, 9.17) is 16.3 Å². The van der Waals surface area contributed by atoms with Gasteiger partial charge in [0, 0.05) is 18.0 Å². The average molecular weight is 368 g/mol. The van der Waals surface area contributed by atoms with Gasteiger partial charge in [-0.05, 0) is 77.1 Å². The third kappa shape index (κ3) is 6.84. The second-order valence-electron chi connectivity index (χ2n) is 7.02. The van der Waals surface area contributed by atoms with E-state index in [1.165, 1.54) is 19.3 Å². The van der Waals surface area contributed by atoms with E-state index in [2.05, 4.69) is 29.2 Å². The van der Waals surface area contributed by atoms with Gasteiger partial charge in [-0.2, -0.15) is 0 Å². The number of carbonyl (C=O) groups is 1. The van der Waals surface area contributed by atoms with Gasteiger partial charge in [-0.3, -0.25) is 4.79 Å². The molecule has 5 nitrogen and oxygen atoms in total. The average Bonchev–Trinajstić information content (AvgIpc) is 2.59. The van der Waals surface area contributed by atoms with Gasteiger partial charge >= 0.3 is 0 Å². The molecule has 1 aromatic rings. The van der Waals surface area contributed by atoms with Gasteiger partial charge in [0.05, 0.1) is 12.8 Å². The van der Waals surface area contributed by atoms with Crippen LogP contribution >= 0.6 is 11.6 Å². The summed E-state index contributed by atoms with van der Waals surface area (Å²) >= 11 is 6.00. The number of likely N-dealkylation sites (tertiary alicyclic amines) is 1. The summed E-state index contributed by atoms with van der Waals surface area (Å²) in [5, 5.41) is 3.48. The molecule has 25 heavy (non-hydrogen) atoms. The zero-order valence-corrected chi connectivity index (χ0v) is 16.3. The minimum atomic E-state index is -0.00435. The lowest BCUT2D eigenvalue weighted by molar-refractivity contribution is -0.116. The van der Waals surface area contributed by atoms with Crippen LogP contribution in [0.25, 0.3) is 0 Å². The lowest BCUT2D eigenvalue weighted by atomic mass is 9.93. The number of halogens is 1. The molecule has 0 atom stereocenters. The molecule has 0 unspecified atom stereocenters. The highest BCUT2D eigenvalue weighted by molar-refractivity contribution is 6.31. The van der Waals surface area contributed by atoms with Crippen molar-refractivity contribution in [1.29, 1.82) is 0 Å². The first-order chi connectivity index (χ1) is 12.0. The molecule has 1 heterocycles. The summed E-state index contributed by atoms with van der Waals surface area (Å²) in [6.07, 6.45) is 4.23. The van der Waals surface area contributed by atoms with Crippen LogP contribution in [-0.2, 0) is 4.79 Å². The number of hydrogen-bond donors (Lipinski definition) is 1. The zero-order valence-electron chi connectivity index (χ0n) is 15.6. The summed E-state index contributed by atoms with van der Waals surface area (Å²) in [6, 6.07) is 5.22. The standard InChI is InChI=1S/C19H30ClN3O2/c1-22(2)10-6-15-7-11-23(12-8-15)13-9-19(24)21-17-14-16(20)4-5-18(17)25-3/h4-5,14-15H,6-13H2,1-3H3,(H,21,24). The van der Waals surface area contributed by atoms with Crippen molar-refractivity contribution >= 4 is 23.2 Å². The fourth-order valence-corrected chi connectivity index (χ4v) is 3.36. The van der Waals surface area contributed by atoms with Crippen molar-refractivity contribution in [2.45, 2.75) is 25.7 Å². The first-order valence-corrected chi connectivity index (χ1v) is 9.36. The van der Waals surface area contributed by atoms with Crippen molar-refractivity contribution in [1.82, 2.24) is 9.80 Å². The molecule has 1 amide bonds. The van der Waals surface area contributed by atoms with Gasteiger partial charge in [0.2, 0.25) is 5.91 Å². The lowest BCUT2D eigenvalue weighted by Gasteiger charge is -2.32. The van der Waals surface area contributed by atoms with Crippen LogP contribution in [0.15, 0.2) is 18.2 Å². The molecule has 0 saturated carbocycles. The smallest absolute Gasteiger partial charge is 0.225 e. The highest BCUT2D eigenvalue weighted by Gasteiger charge is 2.19. The zero-order chi connectivity index (χ0) is 18.2. The van der Waals surface area contributed by atoms with Crippen LogP contribution in [-0.4, -0.2) is 63.1 Å². The van der Waals surface area contributed by atoms with Crippen LogP contribution in [0.5, 0.6) is 5.75 Å². The summed E-state index contributed by atoms with van der Waals surface area (Å²) in [6.45, 7) is 4.14. The number of nitrogens with one attached hydrogen (secondary N) is 1. The quantitative estimate of drug-likeness (QED) is 0.765. The Bertz CT molecular complexity index is 558. The summed E-state index contributed by atoms with van der Waals surface area (Å²) in [5.74, 6) is 1.44. The van der Waals surface area contributed by atoms with Crippen molar-refractivity contribution in [3.8, 4) is 5.75 Å². The Labute approximate surface area is 156 Å². The van der Waals surface area contributed by atoms with Crippen LogP contribution in [0.2, 0.25) is 5.02 Å². The van der Waals surface area contributed by atoms with Crippen LogP contribution in [0.1, 0.15) is 25.7 Å². The molecule has 1 aliphatic heterocycles. The molecule has 1 aliphatic rings. The van der Waals surface area contributed by atoms with Gasteiger partial charge in [0.1, 0.15) is 5.75 Å². The van der Waals surface area contributed by atoms with Crippen molar-refractivity contribution in [3.63, 3.8) is 0 Å². The Morgan fingerprint density at radius 1 is 1.36 bits per heavy atom. The molecule has 0 aromatic heterocycles. The molecule has 0 radical (unpaired) electrons. The Morgan fingerprint density at radius 2 is 2.08 bits per heavy atom. The monoisotopic (exact) mass is 367 g/mol. The number of anilines is 1. The summed E-state index contributed by atoms with van der Waals surface area (Å²) in [7, 11) is 5.84. The van der Waals surface area contributed by atoms with E-state index in [0.717, 1.165) is 32.1 Å². The first kappa shape index (κ1) is 20.0. The number of benzene rings is 1. The normalized spacial score (nSPS) is 16.2. The number of methoxy groups -OCH3 is 1. The number of amides is 1. The predicted molar refractivity (Wildman–Crippen MR) is 104 cm³/mol. The molecule has 0 aliphatic carbocycles. The Kier molecular flexibility index (Phi) is 8.00. The topological polar surface area (TPSA) is 44.8 Å². The largest absolute Gasteiger partial charge is 0.495 e.